The van der Waals surface area contributed by atoms with Crippen LogP contribution >= 0.6 is 0 Å². The first-order valence-electron chi connectivity index (χ1n) is 6.28. The van der Waals surface area contributed by atoms with E-state index >= 15 is 0 Å². The zero-order valence-corrected chi connectivity index (χ0v) is 11.3. The van der Waals surface area contributed by atoms with Crippen molar-refractivity contribution in [1.29, 1.82) is 0 Å². The number of hydrogen-bond acceptors (Lipinski definition) is 2. The number of H-pyrrole nitrogens is 1. The van der Waals surface area contributed by atoms with Gasteiger partial charge >= 0.3 is 0 Å². The molecule has 1 aromatic heterocycles. The van der Waals surface area contributed by atoms with Gasteiger partial charge in [0.2, 0.25) is 0 Å². The number of aromatic amines is 1. The molecule has 100 valence electrons. The molecule has 0 aliphatic heterocycles. The Hall–Kier alpha value is -2.07. The van der Waals surface area contributed by atoms with Gasteiger partial charge in [0.05, 0.1) is 0 Å². The number of carbonyl (C=O) groups excluding carboxylic acids is 1. The van der Waals surface area contributed by atoms with Crippen molar-refractivity contribution in [2.45, 2.75) is 13.1 Å². The van der Waals surface area contributed by atoms with Crippen molar-refractivity contribution in [3.05, 3.63) is 59.4 Å². The quantitative estimate of drug-likeness (QED) is 0.860. The summed E-state index contributed by atoms with van der Waals surface area (Å²) in [7, 11) is 4.05. The van der Waals surface area contributed by atoms with E-state index in [1.54, 1.807) is 0 Å². The fraction of sp³-hybridized carbons (Fsp3) is 0.267. The third-order valence-electron chi connectivity index (χ3n) is 2.83. The summed E-state index contributed by atoms with van der Waals surface area (Å²) in [5.41, 5.74) is 2.96. The van der Waals surface area contributed by atoms with Crippen molar-refractivity contribution in [2.75, 3.05) is 14.1 Å². The highest BCUT2D eigenvalue weighted by molar-refractivity contribution is 5.94. The van der Waals surface area contributed by atoms with E-state index in [9.17, 15) is 4.79 Å². The molecule has 19 heavy (non-hydrogen) atoms. The molecule has 4 heteroatoms. The standard InChI is InChI=1S/C15H19N3O/c1-18(2)11-12-3-5-14(6-4-12)15(19)17-10-13-7-8-16-9-13/h3-9,16H,10-11H2,1-2H3,(H,17,19). The molecule has 1 amide bonds. The number of aromatic nitrogens is 1. The minimum atomic E-state index is -0.0439. The third kappa shape index (κ3) is 3.96. The van der Waals surface area contributed by atoms with Crippen LogP contribution in [0, 0.1) is 0 Å². The Kier molecular flexibility index (Phi) is 4.36. The summed E-state index contributed by atoms with van der Waals surface area (Å²) in [6.45, 7) is 1.42. The van der Waals surface area contributed by atoms with Crippen LogP contribution in [-0.4, -0.2) is 29.9 Å². The van der Waals surface area contributed by atoms with Crippen molar-refractivity contribution in [2.24, 2.45) is 0 Å². The van der Waals surface area contributed by atoms with Crippen LogP contribution in [0.15, 0.2) is 42.7 Å². The fourth-order valence-electron chi connectivity index (χ4n) is 1.88. The molecule has 0 atom stereocenters. The van der Waals surface area contributed by atoms with Gasteiger partial charge in [0.15, 0.2) is 0 Å². The maximum atomic E-state index is 11.9. The summed E-state index contributed by atoms with van der Waals surface area (Å²) in [5.74, 6) is -0.0439. The molecule has 0 radical (unpaired) electrons. The summed E-state index contributed by atoms with van der Waals surface area (Å²) in [6.07, 6.45) is 3.72. The molecule has 0 fully saturated rings. The van der Waals surface area contributed by atoms with Gasteiger partial charge in [-0.15, -0.1) is 0 Å². The van der Waals surface area contributed by atoms with E-state index in [1.807, 2.05) is 56.8 Å². The molecule has 1 heterocycles. The highest BCUT2D eigenvalue weighted by Gasteiger charge is 2.05. The highest BCUT2D eigenvalue weighted by atomic mass is 16.1. The lowest BCUT2D eigenvalue weighted by atomic mass is 10.1. The minimum Gasteiger partial charge on any atom is -0.367 e. The molecule has 2 N–H and O–H groups in total. The predicted molar refractivity (Wildman–Crippen MR) is 75.8 cm³/mol. The average Bonchev–Trinajstić information content (AvgIpc) is 2.89. The summed E-state index contributed by atoms with van der Waals surface area (Å²) >= 11 is 0. The molecule has 4 nitrogen and oxygen atoms in total. The molecule has 0 unspecified atom stereocenters. The van der Waals surface area contributed by atoms with Gasteiger partial charge < -0.3 is 15.2 Å². The fourth-order valence-corrected chi connectivity index (χ4v) is 1.88. The second kappa shape index (κ2) is 6.20. The maximum Gasteiger partial charge on any atom is 0.251 e. The number of nitrogens with zero attached hydrogens (tertiary/aromatic N) is 1. The molecular weight excluding hydrogens is 238 g/mol. The van der Waals surface area contributed by atoms with E-state index in [-0.39, 0.29) is 5.91 Å². The van der Waals surface area contributed by atoms with Crippen LogP contribution in [-0.2, 0) is 13.1 Å². The first-order chi connectivity index (χ1) is 9.15. The summed E-state index contributed by atoms with van der Waals surface area (Å²) < 4.78 is 0. The second-order valence-corrected chi connectivity index (χ2v) is 4.84. The Morgan fingerprint density at radius 3 is 2.47 bits per heavy atom. The SMILES string of the molecule is CN(C)Cc1ccc(C(=O)NCc2cc[nH]c2)cc1. The first-order valence-corrected chi connectivity index (χ1v) is 6.28. The second-order valence-electron chi connectivity index (χ2n) is 4.84. The van der Waals surface area contributed by atoms with Crippen molar-refractivity contribution >= 4 is 5.91 Å². The molecule has 0 aliphatic rings. The van der Waals surface area contributed by atoms with E-state index in [0.29, 0.717) is 12.1 Å². The van der Waals surface area contributed by atoms with Crippen LogP contribution in [0.5, 0.6) is 0 Å². The number of benzene rings is 1. The van der Waals surface area contributed by atoms with Gasteiger partial charge in [0.1, 0.15) is 0 Å². The van der Waals surface area contributed by atoms with E-state index in [2.05, 4.69) is 15.2 Å². The van der Waals surface area contributed by atoms with Crippen molar-refractivity contribution in [3.8, 4) is 0 Å². The topological polar surface area (TPSA) is 48.1 Å². The lowest BCUT2D eigenvalue weighted by Gasteiger charge is -2.10. The van der Waals surface area contributed by atoms with Crippen LogP contribution in [0.1, 0.15) is 21.5 Å². The zero-order chi connectivity index (χ0) is 13.7. The number of nitrogens with one attached hydrogen (secondary N) is 2. The first kappa shape index (κ1) is 13.4. The number of carbonyl (C=O) groups is 1. The van der Waals surface area contributed by atoms with Gasteiger partial charge in [0, 0.05) is 31.0 Å². The molecule has 2 rings (SSSR count). The van der Waals surface area contributed by atoms with Crippen molar-refractivity contribution in [3.63, 3.8) is 0 Å². The van der Waals surface area contributed by atoms with E-state index < -0.39 is 0 Å². The maximum absolute atomic E-state index is 11.9. The Morgan fingerprint density at radius 2 is 1.89 bits per heavy atom. The molecule has 0 saturated carbocycles. The van der Waals surface area contributed by atoms with Gasteiger partial charge in [-0.05, 0) is 43.4 Å². The third-order valence-corrected chi connectivity index (χ3v) is 2.83. The van der Waals surface area contributed by atoms with Crippen LogP contribution in [0.25, 0.3) is 0 Å². The Bertz CT molecular complexity index is 515. The van der Waals surface area contributed by atoms with Gasteiger partial charge in [-0.25, -0.2) is 0 Å². The monoisotopic (exact) mass is 257 g/mol. The molecular formula is C15H19N3O. The van der Waals surface area contributed by atoms with Crippen molar-refractivity contribution in [1.82, 2.24) is 15.2 Å². The van der Waals surface area contributed by atoms with Crippen LogP contribution < -0.4 is 5.32 Å². The molecule has 1 aromatic carbocycles. The molecule has 2 aromatic rings. The molecule has 0 saturated heterocycles. The van der Waals surface area contributed by atoms with Crippen LogP contribution in [0.3, 0.4) is 0 Å². The van der Waals surface area contributed by atoms with Crippen LogP contribution in [0.4, 0.5) is 0 Å². The van der Waals surface area contributed by atoms with Gasteiger partial charge in [-0.2, -0.15) is 0 Å². The normalized spacial score (nSPS) is 10.7. The molecule has 0 spiro atoms. The average molecular weight is 257 g/mol. The number of rotatable bonds is 5. The highest BCUT2D eigenvalue weighted by Crippen LogP contribution is 2.06. The summed E-state index contributed by atoms with van der Waals surface area (Å²) in [5, 5.41) is 2.89. The zero-order valence-electron chi connectivity index (χ0n) is 11.3. The molecule has 0 bridgehead atoms. The van der Waals surface area contributed by atoms with E-state index in [0.717, 1.165) is 12.1 Å². The van der Waals surface area contributed by atoms with Crippen molar-refractivity contribution < 1.29 is 4.79 Å². The Morgan fingerprint density at radius 1 is 1.16 bits per heavy atom. The largest absolute Gasteiger partial charge is 0.367 e. The summed E-state index contributed by atoms with van der Waals surface area (Å²) in [4.78, 5) is 17.0. The minimum absolute atomic E-state index is 0.0439. The lowest BCUT2D eigenvalue weighted by Crippen LogP contribution is -2.22. The van der Waals surface area contributed by atoms with Crippen LogP contribution in [0.2, 0.25) is 0 Å². The Labute approximate surface area is 113 Å². The van der Waals surface area contributed by atoms with E-state index in [1.165, 1.54) is 5.56 Å². The Balaban J connectivity index is 1.92. The molecule has 0 aliphatic carbocycles. The van der Waals surface area contributed by atoms with E-state index in [4.69, 9.17) is 0 Å². The number of amides is 1. The smallest absolute Gasteiger partial charge is 0.251 e. The van der Waals surface area contributed by atoms with Gasteiger partial charge in [-0.1, -0.05) is 12.1 Å². The summed E-state index contributed by atoms with van der Waals surface area (Å²) in [6, 6.07) is 9.66. The number of hydrogen-bond donors (Lipinski definition) is 2. The van der Waals surface area contributed by atoms with Gasteiger partial charge in [0.25, 0.3) is 5.91 Å². The predicted octanol–water partition coefficient (Wildman–Crippen LogP) is 2.01. The van der Waals surface area contributed by atoms with Gasteiger partial charge in [-0.3, -0.25) is 4.79 Å². The lowest BCUT2D eigenvalue weighted by molar-refractivity contribution is 0.0951.